The van der Waals surface area contributed by atoms with Crippen LogP contribution < -0.4 is 10.2 Å². The van der Waals surface area contributed by atoms with Crippen molar-refractivity contribution in [3.63, 3.8) is 0 Å². The molecule has 1 atom stereocenters. The summed E-state index contributed by atoms with van der Waals surface area (Å²) in [6.07, 6.45) is 4.42. The Morgan fingerprint density at radius 1 is 1.56 bits per heavy atom. The zero-order valence-electron chi connectivity index (χ0n) is 11.7. The number of pyridine rings is 1. The lowest BCUT2D eigenvalue weighted by atomic mass is 10.0. The molecule has 2 rings (SSSR count). The van der Waals surface area contributed by atoms with Crippen LogP contribution in [-0.4, -0.2) is 50.2 Å². The lowest BCUT2D eigenvalue weighted by molar-refractivity contribution is 0.247. The lowest BCUT2D eigenvalue weighted by Crippen LogP contribution is -2.45. The molecule has 1 aromatic rings. The van der Waals surface area contributed by atoms with Gasteiger partial charge in [-0.05, 0) is 39.5 Å². The molecule has 1 aromatic heterocycles. The van der Waals surface area contributed by atoms with Crippen LogP contribution in [0.4, 0.5) is 5.82 Å². The minimum atomic E-state index is 0.578. The summed E-state index contributed by atoms with van der Waals surface area (Å²) in [6, 6.07) is 4.74. The fourth-order valence-corrected chi connectivity index (χ4v) is 2.70. The summed E-state index contributed by atoms with van der Waals surface area (Å²) in [5.74, 6) is 1.12. The monoisotopic (exact) mass is 248 g/mol. The van der Waals surface area contributed by atoms with E-state index in [2.05, 4.69) is 40.3 Å². The topological polar surface area (TPSA) is 31.4 Å². The molecule has 4 heteroatoms. The third-order valence-electron chi connectivity index (χ3n) is 3.72. The van der Waals surface area contributed by atoms with Crippen LogP contribution in [-0.2, 0) is 6.54 Å². The number of likely N-dealkylation sites (tertiary alicyclic amines) is 1. The normalized spacial score (nSPS) is 20.9. The van der Waals surface area contributed by atoms with Gasteiger partial charge < -0.3 is 15.1 Å². The Hall–Kier alpha value is -1.13. The minimum Gasteiger partial charge on any atom is -0.355 e. The smallest absolute Gasteiger partial charge is 0.133 e. The second-order valence-electron chi connectivity index (χ2n) is 5.19. The van der Waals surface area contributed by atoms with E-state index < -0.39 is 0 Å². The Kier molecular flexibility index (Phi) is 4.55. The second-order valence-corrected chi connectivity index (χ2v) is 5.19. The molecule has 1 aliphatic rings. The average Bonchev–Trinajstić information content (AvgIpc) is 2.39. The number of rotatable bonds is 4. The first-order valence-electron chi connectivity index (χ1n) is 6.72. The van der Waals surface area contributed by atoms with Gasteiger partial charge in [0.2, 0.25) is 0 Å². The average molecular weight is 248 g/mol. The van der Waals surface area contributed by atoms with E-state index in [4.69, 9.17) is 0 Å². The number of nitrogens with zero attached hydrogens (tertiary/aromatic N) is 3. The molecule has 100 valence electrons. The van der Waals surface area contributed by atoms with Crippen molar-refractivity contribution in [1.82, 2.24) is 15.2 Å². The maximum Gasteiger partial charge on any atom is 0.133 e. The summed E-state index contributed by atoms with van der Waals surface area (Å²) in [4.78, 5) is 9.32. The van der Waals surface area contributed by atoms with Crippen LogP contribution in [0.2, 0.25) is 0 Å². The molecule has 0 amide bonds. The summed E-state index contributed by atoms with van der Waals surface area (Å²) in [5.41, 5.74) is 1.27. The predicted octanol–water partition coefficient (Wildman–Crippen LogP) is 1.33. The maximum absolute atomic E-state index is 4.56. The van der Waals surface area contributed by atoms with Gasteiger partial charge in [0.1, 0.15) is 5.82 Å². The Morgan fingerprint density at radius 3 is 3.11 bits per heavy atom. The standard InChI is InChI=1S/C14H24N4/c1-15-10-12-6-4-8-16-14(12)18(3)13-7-5-9-17(2)11-13/h4,6,8,13,15H,5,7,9-11H2,1-3H3. The van der Waals surface area contributed by atoms with E-state index in [1.165, 1.54) is 24.9 Å². The first kappa shape index (κ1) is 13.3. The van der Waals surface area contributed by atoms with Gasteiger partial charge in [0.05, 0.1) is 0 Å². The zero-order chi connectivity index (χ0) is 13.0. The van der Waals surface area contributed by atoms with Crippen LogP contribution >= 0.6 is 0 Å². The van der Waals surface area contributed by atoms with Crippen LogP contribution in [0.1, 0.15) is 18.4 Å². The van der Waals surface area contributed by atoms with Crippen LogP contribution in [0.5, 0.6) is 0 Å². The van der Waals surface area contributed by atoms with Gasteiger partial charge in [0.25, 0.3) is 0 Å². The van der Waals surface area contributed by atoms with Gasteiger partial charge in [-0.15, -0.1) is 0 Å². The molecule has 0 radical (unpaired) electrons. The van der Waals surface area contributed by atoms with E-state index in [0.29, 0.717) is 6.04 Å². The highest BCUT2D eigenvalue weighted by atomic mass is 15.2. The number of hydrogen-bond donors (Lipinski definition) is 1. The molecule has 0 spiro atoms. The molecule has 4 nitrogen and oxygen atoms in total. The second kappa shape index (κ2) is 6.16. The third-order valence-corrected chi connectivity index (χ3v) is 3.72. The fraction of sp³-hybridized carbons (Fsp3) is 0.643. The summed E-state index contributed by atoms with van der Waals surface area (Å²) >= 11 is 0. The van der Waals surface area contributed by atoms with Crippen molar-refractivity contribution in [2.45, 2.75) is 25.4 Å². The highest BCUT2D eigenvalue weighted by Crippen LogP contribution is 2.22. The molecule has 1 aliphatic heterocycles. The van der Waals surface area contributed by atoms with E-state index >= 15 is 0 Å². The highest BCUT2D eigenvalue weighted by molar-refractivity contribution is 5.47. The van der Waals surface area contributed by atoms with Crippen molar-refractivity contribution < 1.29 is 0 Å². The number of aromatic nitrogens is 1. The molecule has 18 heavy (non-hydrogen) atoms. The van der Waals surface area contributed by atoms with Gasteiger partial charge in [0, 0.05) is 37.9 Å². The Morgan fingerprint density at radius 2 is 2.39 bits per heavy atom. The van der Waals surface area contributed by atoms with Crippen LogP contribution in [0.25, 0.3) is 0 Å². The van der Waals surface area contributed by atoms with Crippen LogP contribution in [0, 0.1) is 0 Å². The molecule has 2 heterocycles. The molecule has 1 unspecified atom stereocenters. The fourth-order valence-electron chi connectivity index (χ4n) is 2.70. The molecule has 1 N–H and O–H groups in total. The van der Waals surface area contributed by atoms with Crippen molar-refractivity contribution in [3.05, 3.63) is 23.9 Å². The lowest BCUT2D eigenvalue weighted by Gasteiger charge is -2.37. The van der Waals surface area contributed by atoms with Crippen molar-refractivity contribution in [2.24, 2.45) is 0 Å². The number of likely N-dealkylation sites (N-methyl/N-ethyl adjacent to an activating group) is 2. The largest absolute Gasteiger partial charge is 0.355 e. The van der Waals surface area contributed by atoms with E-state index in [0.717, 1.165) is 18.9 Å². The summed E-state index contributed by atoms with van der Waals surface area (Å²) in [5, 5.41) is 3.21. The number of anilines is 1. The number of nitrogens with one attached hydrogen (secondary N) is 1. The maximum atomic E-state index is 4.56. The van der Waals surface area contributed by atoms with E-state index in [-0.39, 0.29) is 0 Å². The van der Waals surface area contributed by atoms with Crippen molar-refractivity contribution in [3.8, 4) is 0 Å². The SMILES string of the molecule is CNCc1cccnc1N(C)C1CCCN(C)C1. The highest BCUT2D eigenvalue weighted by Gasteiger charge is 2.23. The minimum absolute atomic E-state index is 0.578. The van der Waals surface area contributed by atoms with Crippen molar-refractivity contribution in [2.75, 3.05) is 39.1 Å². The van der Waals surface area contributed by atoms with E-state index in [1.54, 1.807) is 0 Å². The van der Waals surface area contributed by atoms with Gasteiger partial charge in [-0.25, -0.2) is 4.98 Å². The van der Waals surface area contributed by atoms with E-state index in [1.807, 2.05) is 19.3 Å². The predicted molar refractivity (Wildman–Crippen MR) is 75.9 cm³/mol. The first-order chi connectivity index (χ1) is 8.72. The summed E-state index contributed by atoms with van der Waals surface area (Å²) in [7, 11) is 6.35. The van der Waals surface area contributed by atoms with E-state index in [9.17, 15) is 0 Å². The van der Waals surface area contributed by atoms with Crippen molar-refractivity contribution in [1.29, 1.82) is 0 Å². The molecule has 0 aliphatic carbocycles. The first-order valence-corrected chi connectivity index (χ1v) is 6.72. The molecule has 0 saturated carbocycles. The van der Waals surface area contributed by atoms with Crippen LogP contribution in [0.15, 0.2) is 18.3 Å². The summed E-state index contributed by atoms with van der Waals surface area (Å²) in [6.45, 7) is 3.22. The molecular weight excluding hydrogens is 224 g/mol. The van der Waals surface area contributed by atoms with Gasteiger partial charge in [0.15, 0.2) is 0 Å². The van der Waals surface area contributed by atoms with Crippen molar-refractivity contribution >= 4 is 5.82 Å². The molecule has 1 fully saturated rings. The summed E-state index contributed by atoms with van der Waals surface area (Å²) < 4.78 is 0. The van der Waals surface area contributed by atoms with Gasteiger partial charge in [-0.3, -0.25) is 0 Å². The Labute approximate surface area is 110 Å². The molecule has 0 aromatic carbocycles. The molecular formula is C14H24N4. The van der Waals surface area contributed by atoms with Gasteiger partial charge >= 0.3 is 0 Å². The van der Waals surface area contributed by atoms with Crippen LogP contribution in [0.3, 0.4) is 0 Å². The Balaban J connectivity index is 2.14. The Bertz CT molecular complexity index is 380. The van der Waals surface area contributed by atoms with Gasteiger partial charge in [-0.2, -0.15) is 0 Å². The molecule has 0 bridgehead atoms. The number of hydrogen-bond acceptors (Lipinski definition) is 4. The quantitative estimate of drug-likeness (QED) is 0.871. The number of piperidine rings is 1. The molecule has 1 saturated heterocycles. The zero-order valence-corrected chi connectivity index (χ0v) is 11.7. The third kappa shape index (κ3) is 3.00. The van der Waals surface area contributed by atoms with Gasteiger partial charge in [-0.1, -0.05) is 6.07 Å².